The Hall–Kier alpha value is -1.28. The minimum absolute atomic E-state index is 0.265. The van der Waals surface area contributed by atoms with Crippen LogP contribution in [0.1, 0.15) is 23.5 Å². The van der Waals surface area contributed by atoms with E-state index < -0.39 is 10.0 Å². The molecule has 7 heteroatoms. The SMILES string of the molecule is CNCc1ccc(S(=O)(=O)NC(C)c2nccs2)cc1. The molecule has 0 aliphatic rings. The van der Waals surface area contributed by atoms with Gasteiger partial charge in [-0.1, -0.05) is 12.1 Å². The first-order valence-electron chi connectivity index (χ1n) is 6.18. The molecule has 1 heterocycles. The number of rotatable bonds is 6. The highest BCUT2D eigenvalue weighted by molar-refractivity contribution is 7.89. The zero-order valence-electron chi connectivity index (χ0n) is 11.3. The van der Waals surface area contributed by atoms with E-state index in [0.29, 0.717) is 6.54 Å². The number of benzene rings is 1. The van der Waals surface area contributed by atoms with Gasteiger partial charge in [-0.25, -0.2) is 18.1 Å². The normalized spacial score (nSPS) is 13.3. The lowest BCUT2D eigenvalue weighted by molar-refractivity contribution is 0.566. The Labute approximate surface area is 123 Å². The van der Waals surface area contributed by atoms with Gasteiger partial charge >= 0.3 is 0 Å². The summed E-state index contributed by atoms with van der Waals surface area (Å²) in [5.74, 6) is 0. The van der Waals surface area contributed by atoms with Crippen molar-refractivity contribution in [1.82, 2.24) is 15.0 Å². The monoisotopic (exact) mass is 311 g/mol. The number of thiazole rings is 1. The van der Waals surface area contributed by atoms with Crippen molar-refractivity contribution in [2.24, 2.45) is 0 Å². The van der Waals surface area contributed by atoms with Crippen LogP contribution in [0.4, 0.5) is 0 Å². The Morgan fingerprint density at radius 3 is 2.55 bits per heavy atom. The molecule has 20 heavy (non-hydrogen) atoms. The predicted octanol–water partition coefficient (Wildman–Crippen LogP) is 1.90. The Kier molecular flexibility index (Phi) is 4.87. The Morgan fingerprint density at radius 2 is 2.00 bits per heavy atom. The molecular formula is C13H17N3O2S2. The molecule has 0 saturated carbocycles. The third-order valence-corrected chi connectivity index (χ3v) is 5.28. The molecule has 0 amide bonds. The Morgan fingerprint density at radius 1 is 1.30 bits per heavy atom. The van der Waals surface area contributed by atoms with Crippen molar-refractivity contribution in [1.29, 1.82) is 0 Å². The van der Waals surface area contributed by atoms with Crippen LogP contribution >= 0.6 is 11.3 Å². The van der Waals surface area contributed by atoms with Crippen molar-refractivity contribution >= 4 is 21.4 Å². The second-order valence-electron chi connectivity index (χ2n) is 4.39. The maximum Gasteiger partial charge on any atom is 0.241 e. The largest absolute Gasteiger partial charge is 0.316 e. The van der Waals surface area contributed by atoms with Crippen LogP contribution in [0.3, 0.4) is 0 Å². The first kappa shape index (κ1) is 15.1. The van der Waals surface area contributed by atoms with Crippen LogP contribution in [-0.2, 0) is 16.6 Å². The van der Waals surface area contributed by atoms with Crippen molar-refractivity contribution < 1.29 is 8.42 Å². The highest BCUT2D eigenvalue weighted by atomic mass is 32.2. The fourth-order valence-corrected chi connectivity index (χ4v) is 3.72. The van der Waals surface area contributed by atoms with Crippen molar-refractivity contribution in [3.63, 3.8) is 0 Å². The molecule has 0 fully saturated rings. The number of hydrogen-bond acceptors (Lipinski definition) is 5. The number of aromatic nitrogens is 1. The van der Waals surface area contributed by atoms with Gasteiger partial charge in [-0.2, -0.15) is 0 Å². The molecule has 1 aromatic heterocycles. The molecule has 1 aromatic carbocycles. The molecule has 2 rings (SSSR count). The van der Waals surface area contributed by atoms with E-state index in [1.807, 2.05) is 12.4 Å². The molecule has 0 aliphatic carbocycles. The predicted molar refractivity (Wildman–Crippen MR) is 80.1 cm³/mol. The zero-order valence-corrected chi connectivity index (χ0v) is 13.0. The summed E-state index contributed by atoms with van der Waals surface area (Å²) in [7, 11) is -1.67. The van der Waals surface area contributed by atoms with Crippen molar-refractivity contribution in [3.8, 4) is 0 Å². The summed E-state index contributed by atoms with van der Waals surface area (Å²) in [5, 5.41) is 5.60. The minimum atomic E-state index is -3.52. The molecule has 0 saturated heterocycles. The second kappa shape index (κ2) is 6.45. The van der Waals surface area contributed by atoms with Crippen molar-refractivity contribution in [3.05, 3.63) is 46.4 Å². The molecule has 108 valence electrons. The Bertz CT molecular complexity index is 637. The molecule has 1 unspecified atom stereocenters. The lowest BCUT2D eigenvalue weighted by Gasteiger charge is -2.12. The smallest absolute Gasteiger partial charge is 0.241 e. The van der Waals surface area contributed by atoms with Gasteiger partial charge in [0.1, 0.15) is 5.01 Å². The van der Waals surface area contributed by atoms with Crippen LogP contribution in [0.15, 0.2) is 40.7 Å². The van der Waals surface area contributed by atoms with Gasteiger partial charge in [0, 0.05) is 18.1 Å². The lowest BCUT2D eigenvalue weighted by atomic mass is 10.2. The summed E-state index contributed by atoms with van der Waals surface area (Å²) in [5.41, 5.74) is 1.04. The average molecular weight is 311 g/mol. The van der Waals surface area contributed by atoms with Crippen LogP contribution in [0.2, 0.25) is 0 Å². The summed E-state index contributed by atoms with van der Waals surface area (Å²) < 4.78 is 27.1. The average Bonchev–Trinajstić information content (AvgIpc) is 2.93. The van der Waals surface area contributed by atoms with Crippen LogP contribution in [0.5, 0.6) is 0 Å². The third-order valence-electron chi connectivity index (χ3n) is 2.77. The second-order valence-corrected chi connectivity index (χ2v) is 7.03. The van der Waals surface area contributed by atoms with E-state index in [1.165, 1.54) is 11.3 Å². The standard InChI is InChI=1S/C13H17N3O2S2/c1-10(13-15-7-8-19-13)16-20(17,18)12-5-3-11(4-6-12)9-14-2/h3-8,10,14,16H,9H2,1-2H3. The third kappa shape index (κ3) is 3.63. The molecule has 5 nitrogen and oxygen atoms in total. The van der Waals surface area contributed by atoms with Gasteiger partial charge in [-0.15, -0.1) is 11.3 Å². The zero-order chi connectivity index (χ0) is 14.6. The first-order valence-corrected chi connectivity index (χ1v) is 8.54. The van der Waals surface area contributed by atoms with Gasteiger partial charge in [0.2, 0.25) is 10.0 Å². The van der Waals surface area contributed by atoms with E-state index in [0.717, 1.165) is 10.6 Å². The molecular weight excluding hydrogens is 294 g/mol. The number of nitrogens with one attached hydrogen (secondary N) is 2. The fourth-order valence-electron chi connectivity index (χ4n) is 1.79. The van der Waals surface area contributed by atoms with E-state index in [1.54, 1.807) is 37.4 Å². The molecule has 1 atom stereocenters. The van der Waals surface area contributed by atoms with Crippen LogP contribution in [-0.4, -0.2) is 20.4 Å². The summed E-state index contributed by atoms with van der Waals surface area (Å²) in [4.78, 5) is 4.38. The van der Waals surface area contributed by atoms with E-state index >= 15 is 0 Å². The van der Waals surface area contributed by atoms with Crippen LogP contribution < -0.4 is 10.0 Å². The van der Waals surface area contributed by atoms with Gasteiger partial charge in [0.05, 0.1) is 10.9 Å². The van der Waals surface area contributed by atoms with Crippen molar-refractivity contribution in [2.75, 3.05) is 7.05 Å². The lowest BCUT2D eigenvalue weighted by Crippen LogP contribution is -2.26. The molecule has 2 aromatic rings. The number of nitrogens with zero attached hydrogens (tertiary/aromatic N) is 1. The van der Waals surface area contributed by atoms with E-state index in [9.17, 15) is 8.42 Å². The fraction of sp³-hybridized carbons (Fsp3) is 0.308. The summed E-state index contributed by atoms with van der Waals surface area (Å²) >= 11 is 1.43. The highest BCUT2D eigenvalue weighted by Crippen LogP contribution is 2.18. The molecule has 2 N–H and O–H groups in total. The molecule has 0 bridgehead atoms. The topological polar surface area (TPSA) is 71.1 Å². The maximum absolute atomic E-state index is 12.3. The number of sulfonamides is 1. The summed E-state index contributed by atoms with van der Waals surface area (Å²) in [6.07, 6.45) is 1.66. The van der Waals surface area contributed by atoms with Gasteiger partial charge in [0.25, 0.3) is 0 Å². The van der Waals surface area contributed by atoms with E-state index in [2.05, 4.69) is 15.0 Å². The first-order chi connectivity index (χ1) is 9.53. The van der Waals surface area contributed by atoms with Crippen LogP contribution in [0, 0.1) is 0 Å². The quantitative estimate of drug-likeness (QED) is 0.855. The van der Waals surface area contributed by atoms with Crippen LogP contribution in [0.25, 0.3) is 0 Å². The van der Waals surface area contributed by atoms with Gasteiger partial charge in [0.15, 0.2) is 0 Å². The highest BCUT2D eigenvalue weighted by Gasteiger charge is 2.19. The maximum atomic E-state index is 12.3. The van der Waals surface area contributed by atoms with Gasteiger partial charge in [-0.05, 0) is 31.7 Å². The Balaban J connectivity index is 2.13. The van der Waals surface area contributed by atoms with E-state index in [4.69, 9.17) is 0 Å². The molecule has 0 spiro atoms. The minimum Gasteiger partial charge on any atom is -0.316 e. The molecule has 0 radical (unpaired) electrons. The van der Waals surface area contributed by atoms with Gasteiger partial charge < -0.3 is 5.32 Å². The summed E-state index contributed by atoms with van der Waals surface area (Å²) in [6, 6.07) is 6.50. The molecule has 0 aliphatic heterocycles. The summed E-state index contributed by atoms with van der Waals surface area (Å²) in [6.45, 7) is 2.50. The number of hydrogen-bond donors (Lipinski definition) is 2. The van der Waals surface area contributed by atoms with Crippen molar-refractivity contribution in [2.45, 2.75) is 24.4 Å². The van der Waals surface area contributed by atoms with E-state index in [-0.39, 0.29) is 10.9 Å². The van der Waals surface area contributed by atoms with Gasteiger partial charge in [-0.3, -0.25) is 0 Å².